The lowest BCUT2D eigenvalue weighted by Crippen LogP contribution is -2.31. The van der Waals surface area contributed by atoms with Gasteiger partial charge >= 0.3 is 5.97 Å². The lowest BCUT2D eigenvalue weighted by atomic mass is 9.85. The molecule has 0 heterocycles. The smallest absolute Gasteiger partial charge is 0.319 e. The second kappa shape index (κ2) is 6.55. The first-order chi connectivity index (χ1) is 8.42. The highest BCUT2D eigenvalue weighted by molar-refractivity contribution is 5.71. The predicted molar refractivity (Wildman–Crippen MR) is 73.3 cm³/mol. The molecule has 1 aromatic rings. The van der Waals surface area contributed by atoms with Crippen molar-refractivity contribution in [3.63, 3.8) is 0 Å². The van der Waals surface area contributed by atoms with Crippen LogP contribution >= 0.6 is 0 Å². The zero-order chi connectivity index (χ0) is 13.6. The van der Waals surface area contributed by atoms with Crippen LogP contribution in [-0.2, 0) is 9.53 Å². The molecule has 100 valence electrons. The molecule has 0 saturated carbocycles. The van der Waals surface area contributed by atoms with E-state index in [0.29, 0.717) is 0 Å². The first kappa shape index (κ1) is 14.7. The summed E-state index contributed by atoms with van der Waals surface area (Å²) in [6.07, 6.45) is 0.966. The zero-order valence-corrected chi connectivity index (χ0v) is 11.7. The molecule has 0 aliphatic carbocycles. The van der Waals surface area contributed by atoms with Gasteiger partial charge in [-0.3, -0.25) is 4.79 Å². The van der Waals surface area contributed by atoms with Crippen molar-refractivity contribution >= 4 is 5.97 Å². The second-order valence-corrected chi connectivity index (χ2v) is 5.69. The summed E-state index contributed by atoms with van der Waals surface area (Å²) in [5.41, 5.74) is 1.40. The van der Waals surface area contributed by atoms with Gasteiger partial charge in [-0.15, -0.1) is 0 Å². The zero-order valence-electron chi connectivity index (χ0n) is 11.7. The van der Waals surface area contributed by atoms with E-state index in [-0.39, 0.29) is 24.0 Å². The summed E-state index contributed by atoms with van der Waals surface area (Å²) in [5, 5.41) is 3.27. The number of hydrogen-bond donors (Lipinski definition) is 1. The number of carbonyl (C=O) groups is 1. The second-order valence-electron chi connectivity index (χ2n) is 5.69. The molecule has 1 rings (SSSR count). The molecule has 0 saturated heterocycles. The summed E-state index contributed by atoms with van der Waals surface area (Å²) >= 11 is 0. The summed E-state index contributed by atoms with van der Waals surface area (Å²) in [6.45, 7) is 6.83. The summed E-state index contributed by atoms with van der Waals surface area (Å²) in [6, 6.07) is 10.4. The summed E-state index contributed by atoms with van der Waals surface area (Å²) in [4.78, 5) is 11.2. The Balaban J connectivity index is 2.73. The third kappa shape index (κ3) is 5.32. The molecular formula is C15H23NO2. The standard InChI is InChI=1S/C15H23NO2/c1-15(2,3)10-13(16-11-14(17)18-4)12-8-6-5-7-9-12/h5-9,13,16H,10-11H2,1-4H3. The number of carbonyl (C=O) groups excluding carboxylic acids is 1. The Morgan fingerprint density at radius 3 is 2.39 bits per heavy atom. The van der Waals surface area contributed by atoms with Gasteiger partial charge < -0.3 is 10.1 Å². The van der Waals surface area contributed by atoms with Gasteiger partial charge in [0.05, 0.1) is 13.7 Å². The van der Waals surface area contributed by atoms with Crippen LogP contribution < -0.4 is 5.32 Å². The van der Waals surface area contributed by atoms with Gasteiger partial charge in [0.15, 0.2) is 0 Å². The number of esters is 1. The number of methoxy groups -OCH3 is 1. The first-order valence-corrected chi connectivity index (χ1v) is 6.27. The van der Waals surface area contributed by atoms with Gasteiger partial charge in [-0.25, -0.2) is 0 Å². The highest BCUT2D eigenvalue weighted by atomic mass is 16.5. The molecule has 1 N–H and O–H groups in total. The van der Waals surface area contributed by atoms with Crippen molar-refractivity contribution in [1.82, 2.24) is 5.32 Å². The number of nitrogens with one attached hydrogen (secondary N) is 1. The Morgan fingerprint density at radius 1 is 1.28 bits per heavy atom. The third-order valence-corrected chi connectivity index (χ3v) is 2.74. The minimum Gasteiger partial charge on any atom is -0.468 e. The van der Waals surface area contributed by atoms with Crippen molar-refractivity contribution < 1.29 is 9.53 Å². The highest BCUT2D eigenvalue weighted by Crippen LogP contribution is 2.29. The first-order valence-electron chi connectivity index (χ1n) is 6.27. The van der Waals surface area contributed by atoms with Crippen molar-refractivity contribution in [2.24, 2.45) is 5.41 Å². The van der Waals surface area contributed by atoms with E-state index in [1.54, 1.807) is 0 Å². The van der Waals surface area contributed by atoms with Crippen LogP contribution in [0.1, 0.15) is 38.8 Å². The van der Waals surface area contributed by atoms with Crippen LogP contribution in [-0.4, -0.2) is 19.6 Å². The summed E-state index contributed by atoms with van der Waals surface area (Å²) in [7, 11) is 1.41. The van der Waals surface area contributed by atoms with Gasteiger partial charge in [0.25, 0.3) is 0 Å². The van der Waals surface area contributed by atoms with Crippen LogP contribution in [0.4, 0.5) is 0 Å². The summed E-state index contributed by atoms with van der Waals surface area (Å²) < 4.78 is 4.67. The maximum absolute atomic E-state index is 11.2. The maximum Gasteiger partial charge on any atom is 0.319 e. The fraction of sp³-hybridized carbons (Fsp3) is 0.533. The molecule has 18 heavy (non-hydrogen) atoms. The Kier molecular flexibility index (Phi) is 5.35. The molecule has 3 nitrogen and oxygen atoms in total. The van der Waals surface area contributed by atoms with E-state index in [0.717, 1.165) is 6.42 Å². The van der Waals surface area contributed by atoms with Crippen LogP contribution in [0.15, 0.2) is 30.3 Å². The molecule has 3 heteroatoms. The highest BCUT2D eigenvalue weighted by Gasteiger charge is 2.20. The van der Waals surface area contributed by atoms with Crippen LogP contribution in [0.5, 0.6) is 0 Å². The van der Waals surface area contributed by atoms with Crippen molar-refractivity contribution in [2.45, 2.75) is 33.2 Å². The largest absolute Gasteiger partial charge is 0.468 e. The lowest BCUT2D eigenvalue weighted by molar-refractivity contribution is -0.139. The number of ether oxygens (including phenoxy) is 1. The predicted octanol–water partition coefficient (Wildman–Crippen LogP) is 2.93. The Morgan fingerprint density at radius 2 is 1.89 bits per heavy atom. The van der Waals surface area contributed by atoms with E-state index in [4.69, 9.17) is 0 Å². The van der Waals surface area contributed by atoms with E-state index < -0.39 is 0 Å². The molecule has 0 aromatic heterocycles. The van der Waals surface area contributed by atoms with Crippen LogP contribution in [0.2, 0.25) is 0 Å². The van der Waals surface area contributed by atoms with Crippen molar-refractivity contribution in [2.75, 3.05) is 13.7 Å². The van der Waals surface area contributed by atoms with Gasteiger partial charge in [0.1, 0.15) is 0 Å². The molecule has 1 aromatic carbocycles. The normalized spacial score (nSPS) is 13.1. The topological polar surface area (TPSA) is 38.3 Å². The average molecular weight is 249 g/mol. The molecule has 1 atom stereocenters. The number of benzene rings is 1. The van der Waals surface area contributed by atoms with E-state index >= 15 is 0 Å². The van der Waals surface area contributed by atoms with E-state index in [1.807, 2.05) is 18.2 Å². The SMILES string of the molecule is COC(=O)CNC(CC(C)(C)C)c1ccccc1. The molecule has 0 aliphatic heterocycles. The van der Waals surface area contributed by atoms with Gasteiger partial charge in [0.2, 0.25) is 0 Å². The molecule has 0 radical (unpaired) electrons. The fourth-order valence-corrected chi connectivity index (χ4v) is 1.88. The third-order valence-electron chi connectivity index (χ3n) is 2.74. The molecule has 0 amide bonds. The minimum absolute atomic E-state index is 0.172. The Labute approximate surface area is 110 Å². The van der Waals surface area contributed by atoms with Crippen molar-refractivity contribution in [3.8, 4) is 0 Å². The number of rotatable bonds is 5. The molecule has 0 fully saturated rings. The lowest BCUT2D eigenvalue weighted by Gasteiger charge is -2.27. The summed E-state index contributed by atoms with van der Waals surface area (Å²) in [5.74, 6) is -0.232. The van der Waals surface area contributed by atoms with Crippen molar-refractivity contribution in [3.05, 3.63) is 35.9 Å². The van der Waals surface area contributed by atoms with E-state index in [2.05, 4.69) is 43.0 Å². The molecule has 0 spiro atoms. The van der Waals surface area contributed by atoms with E-state index in [9.17, 15) is 4.79 Å². The van der Waals surface area contributed by atoms with E-state index in [1.165, 1.54) is 12.7 Å². The monoisotopic (exact) mass is 249 g/mol. The Hall–Kier alpha value is -1.35. The molecule has 1 unspecified atom stereocenters. The average Bonchev–Trinajstić information content (AvgIpc) is 2.33. The quantitative estimate of drug-likeness (QED) is 0.815. The fourth-order valence-electron chi connectivity index (χ4n) is 1.88. The van der Waals surface area contributed by atoms with Gasteiger partial charge in [-0.05, 0) is 17.4 Å². The van der Waals surface area contributed by atoms with Gasteiger partial charge in [0, 0.05) is 6.04 Å². The van der Waals surface area contributed by atoms with Gasteiger partial charge in [-0.1, -0.05) is 51.1 Å². The van der Waals surface area contributed by atoms with Crippen LogP contribution in [0, 0.1) is 5.41 Å². The van der Waals surface area contributed by atoms with Crippen molar-refractivity contribution in [1.29, 1.82) is 0 Å². The molecule has 0 aliphatic rings. The minimum atomic E-state index is -0.232. The van der Waals surface area contributed by atoms with Crippen LogP contribution in [0.25, 0.3) is 0 Å². The number of hydrogen-bond acceptors (Lipinski definition) is 3. The van der Waals surface area contributed by atoms with Gasteiger partial charge in [-0.2, -0.15) is 0 Å². The van der Waals surface area contributed by atoms with Crippen LogP contribution in [0.3, 0.4) is 0 Å². The maximum atomic E-state index is 11.2. The Bertz CT molecular complexity index is 368. The molecule has 0 bridgehead atoms. The molecular weight excluding hydrogens is 226 g/mol.